The molecule has 0 radical (unpaired) electrons. The van der Waals surface area contributed by atoms with Crippen LogP contribution in [0.25, 0.3) is 11.3 Å². The minimum absolute atomic E-state index is 0.0798. The number of rotatable bonds is 7. The van der Waals surface area contributed by atoms with Gasteiger partial charge in [0.2, 0.25) is 0 Å². The van der Waals surface area contributed by atoms with Gasteiger partial charge in [-0.1, -0.05) is 24.3 Å². The molecule has 1 aliphatic rings. The molecule has 0 saturated carbocycles. The van der Waals surface area contributed by atoms with Crippen molar-refractivity contribution in [2.45, 2.75) is 12.6 Å². The van der Waals surface area contributed by atoms with Crippen LogP contribution in [0.4, 0.5) is 10.2 Å². The molecule has 0 bridgehead atoms. The number of nitrogens with one attached hydrogen (secondary N) is 2. The maximum absolute atomic E-state index is 13.5. The summed E-state index contributed by atoms with van der Waals surface area (Å²) in [5, 5.41) is 10.4. The highest BCUT2D eigenvalue weighted by molar-refractivity contribution is 6.03. The van der Waals surface area contributed by atoms with E-state index in [0.29, 0.717) is 11.3 Å². The molecular formula is C22H23FN6O3. The van der Waals surface area contributed by atoms with E-state index in [-0.39, 0.29) is 35.3 Å². The highest BCUT2D eigenvalue weighted by atomic mass is 19.1. The molecule has 2 amide bonds. The normalized spacial score (nSPS) is 13.4. The van der Waals surface area contributed by atoms with Crippen molar-refractivity contribution in [3.05, 3.63) is 65.0 Å². The maximum atomic E-state index is 13.5. The molecule has 2 heterocycles. The molecule has 4 rings (SSSR count). The second-order valence-corrected chi connectivity index (χ2v) is 7.45. The van der Waals surface area contributed by atoms with Crippen LogP contribution in [-0.4, -0.2) is 41.8 Å². The van der Waals surface area contributed by atoms with Crippen LogP contribution < -0.4 is 26.8 Å². The Bertz CT molecular complexity index is 1170. The lowest BCUT2D eigenvalue weighted by Gasteiger charge is -2.28. The van der Waals surface area contributed by atoms with E-state index in [2.05, 4.69) is 15.7 Å². The van der Waals surface area contributed by atoms with Crippen LogP contribution >= 0.6 is 0 Å². The summed E-state index contributed by atoms with van der Waals surface area (Å²) in [7, 11) is 1.42. The van der Waals surface area contributed by atoms with Gasteiger partial charge in [0.25, 0.3) is 11.8 Å². The van der Waals surface area contributed by atoms with E-state index in [1.165, 1.54) is 19.2 Å². The average Bonchev–Trinajstić information content (AvgIpc) is 3.08. The molecule has 1 saturated heterocycles. The van der Waals surface area contributed by atoms with Gasteiger partial charge in [-0.3, -0.25) is 9.59 Å². The molecule has 0 atom stereocenters. The number of nitrogen functional groups attached to an aromatic ring is 1. The summed E-state index contributed by atoms with van der Waals surface area (Å²) in [6.45, 7) is 1.66. The molecule has 10 heteroatoms. The monoisotopic (exact) mass is 438 g/mol. The highest BCUT2D eigenvalue weighted by Gasteiger charge is 2.28. The summed E-state index contributed by atoms with van der Waals surface area (Å²) >= 11 is 0. The van der Waals surface area contributed by atoms with E-state index in [0.717, 1.165) is 24.7 Å². The third-order valence-electron chi connectivity index (χ3n) is 5.39. The van der Waals surface area contributed by atoms with Gasteiger partial charge in [0.1, 0.15) is 28.6 Å². The molecular weight excluding hydrogens is 415 g/mol. The molecule has 3 aromatic rings. The van der Waals surface area contributed by atoms with Crippen molar-refractivity contribution in [1.29, 1.82) is 0 Å². The Kier molecular flexibility index (Phi) is 5.78. The number of carbonyl (C=O) groups excluding carboxylic acids is 2. The number of halogens is 1. The lowest BCUT2D eigenvalue weighted by atomic mass is 10.0. The molecule has 1 aromatic heterocycles. The van der Waals surface area contributed by atoms with Crippen molar-refractivity contribution in [1.82, 2.24) is 20.4 Å². The largest absolute Gasteiger partial charge is 0.496 e. The second kappa shape index (κ2) is 8.67. The Morgan fingerprint density at radius 3 is 2.56 bits per heavy atom. The Morgan fingerprint density at radius 2 is 1.97 bits per heavy atom. The smallest absolute Gasteiger partial charge is 0.255 e. The van der Waals surface area contributed by atoms with Gasteiger partial charge in [-0.2, -0.15) is 5.10 Å². The van der Waals surface area contributed by atoms with Gasteiger partial charge in [0.15, 0.2) is 0 Å². The lowest BCUT2D eigenvalue weighted by Crippen LogP contribution is -2.44. The number of amides is 2. The number of primary amides is 1. The van der Waals surface area contributed by atoms with Gasteiger partial charge in [-0.25, -0.2) is 9.07 Å². The fraction of sp³-hybridized carbons (Fsp3) is 0.227. The number of ether oxygens (including phenoxy) is 1. The number of benzene rings is 2. The van der Waals surface area contributed by atoms with Crippen LogP contribution in [0.5, 0.6) is 5.75 Å². The van der Waals surface area contributed by atoms with Crippen molar-refractivity contribution in [3.8, 4) is 17.0 Å². The Labute approximate surface area is 183 Å². The van der Waals surface area contributed by atoms with Crippen molar-refractivity contribution in [2.24, 2.45) is 5.73 Å². The highest BCUT2D eigenvalue weighted by Crippen LogP contribution is 2.30. The van der Waals surface area contributed by atoms with Crippen molar-refractivity contribution >= 4 is 17.6 Å². The molecule has 166 valence electrons. The molecule has 2 aromatic carbocycles. The van der Waals surface area contributed by atoms with Crippen LogP contribution in [0.3, 0.4) is 0 Å². The second-order valence-electron chi connectivity index (χ2n) is 7.45. The Balaban J connectivity index is 1.51. The van der Waals surface area contributed by atoms with Crippen LogP contribution in [0.1, 0.15) is 32.3 Å². The Hall–Kier alpha value is -3.92. The first-order valence-corrected chi connectivity index (χ1v) is 9.98. The predicted octanol–water partition coefficient (Wildman–Crippen LogP) is 1.45. The van der Waals surface area contributed by atoms with E-state index in [4.69, 9.17) is 16.2 Å². The van der Waals surface area contributed by atoms with E-state index >= 15 is 0 Å². The summed E-state index contributed by atoms with van der Waals surface area (Å²) in [5.74, 6) is -1.09. The SMILES string of the molecule is COc1ccc(F)cc1C(=O)NCc1ccc(-c2nn(C3CNC3)c(N)c2C(N)=O)cc1. The number of anilines is 1. The molecule has 32 heavy (non-hydrogen) atoms. The fourth-order valence-electron chi connectivity index (χ4n) is 3.53. The summed E-state index contributed by atoms with van der Waals surface area (Å²) in [4.78, 5) is 24.5. The topological polar surface area (TPSA) is 137 Å². The van der Waals surface area contributed by atoms with Gasteiger partial charge >= 0.3 is 0 Å². The van der Waals surface area contributed by atoms with Gasteiger partial charge in [-0.15, -0.1) is 0 Å². The van der Waals surface area contributed by atoms with E-state index in [1.54, 1.807) is 28.9 Å². The zero-order chi connectivity index (χ0) is 22.8. The minimum atomic E-state index is -0.642. The predicted molar refractivity (Wildman–Crippen MR) is 117 cm³/mol. The van der Waals surface area contributed by atoms with Gasteiger partial charge in [0.05, 0.1) is 18.7 Å². The van der Waals surface area contributed by atoms with E-state index in [1.807, 2.05) is 0 Å². The molecule has 9 nitrogen and oxygen atoms in total. The van der Waals surface area contributed by atoms with Crippen molar-refractivity contribution in [2.75, 3.05) is 25.9 Å². The average molecular weight is 438 g/mol. The molecule has 0 aliphatic carbocycles. The number of nitrogens with two attached hydrogens (primary N) is 2. The van der Waals surface area contributed by atoms with Crippen LogP contribution in [0.15, 0.2) is 42.5 Å². The van der Waals surface area contributed by atoms with Gasteiger partial charge < -0.3 is 26.8 Å². The third-order valence-corrected chi connectivity index (χ3v) is 5.39. The number of hydrogen-bond donors (Lipinski definition) is 4. The minimum Gasteiger partial charge on any atom is -0.496 e. The van der Waals surface area contributed by atoms with Crippen molar-refractivity contribution in [3.63, 3.8) is 0 Å². The zero-order valence-corrected chi connectivity index (χ0v) is 17.4. The van der Waals surface area contributed by atoms with E-state index in [9.17, 15) is 14.0 Å². The molecule has 0 unspecified atom stereocenters. The van der Waals surface area contributed by atoms with Crippen LogP contribution in [0, 0.1) is 5.82 Å². The lowest BCUT2D eigenvalue weighted by molar-refractivity contribution is 0.0946. The fourth-order valence-corrected chi connectivity index (χ4v) is 3.53. The molecule has 1 aliphatic heterocycles. The number of hydrogen-bond acceptors (Lipinski definition) is 6. The summed E-state index contributed by atoms with van der Waals surface area (Å²) in [6.07, 6.45) is 0. The zero-order valence-electron chi connectivity index (χ0n) is 17.4. The van der Waals surface area contributed by atoms with Gasteiger partial charge in [-0.05, 0) is 23.8 Å². The summed E-state index contributed by atoms with van der Waals surface area (Å²) in [5.41, 5.74) is 13.9. The molecule has 1 fully saturated rings. The number of methoxy groups -OCH3 is 1. The standard InChI is InChI=1S/C22H23FN6O3/c1-32-17-7-6-14(23)8-16(17)22(31)27-9-12-2-4-13(5-3-12)19-18(21(25)30)20(24)29(28-19)15-10-26-11-15/h2-8,15,26H,9-11,24H2,1H3,(H2,25,30)(H,27,31). The number of aromatic nitrogens is 2. The maximum Gasteiger partial charge on any atom is 0.255 e. The number of nitrogens with zero attached hydrogens (tertiary/aromatic N) is 2. The summed E-state index contributed by atoms with van der Waals surface area (Å²) < 4.78 is 20.3. The van der Waals surface area contributed by atoms with Gasteiger partial charge in [0, 0.05) is 25.2 Å². The molecule has 0 spiro atoms. The van der Waals surface area contributed by atoms with Crippen LogP contribution in [-0.2, 0) is 6.54 Å². The number of carbonyl (C=O) groups is 2. The van der Waals surface area contributed by atoms with Crippen molar-refractivity contribution < 1.29 is 18.7 Å². The third kappa shape index (κ3) is 4.00. The Morgan fingerprint density at radius 1 is 1.25 bits per heavy atom. The first-order chi connectivity index (χ1) is 15.4. The first kappa shape index (κ1) is 21.3. The van der Waals surface area contributed by atoms with Crippen LogP contribution in [0.2, 0.25) is 0 Å². The quantitative estimate of drug-likeness (QED) is 0.441. The molecule has 6 N–H and O–H groups in total. The van der Waals surface area contributed by atoms with E-state index < -0.39 is 17.6 Å². The summed E-state index contributed by atoms with van der Waals surface area (Å²) in [6, 6.07) is 11.0. The first-order valence-electron chi connectivity index (χ1n) is 9.98.